The minimum Gasteiger partial charge on any atom is -0.449 e. The van der Waals surface area contributed by atoms with E-state index in [4.69, 9.17) is 9.47 Å². The summed E-state index contributed by atoms with van der Waals surface area (Å²) in [4.78, 5) is 58.3. The fraction of sp³-hybridized carbons (Fsp3) is 0.744. The van der Waals surface area contributed by atoms with Gasteiger partial charge in [-0.15, -0.1) is 0 Å². The van der Waals surface area contributed by atoms with Gasteiger partial charge in [0.1, 0.15) is 6.10 Å². The molecule has 10 nitrogen and oxygen atoms in total. The summed E-state index contributed by atoms with van der Waals surface area (Å²) in [5, 5.41) is 10.7. The van der Waals surface area contributed by atoms with Crippen LogP contribution in [0.25, 0.3) is 0 Å². The number of ether oxygens (including phenoxy) is 2. The lowest BCUT2D eigenvalue weighted by Gasteiger charge is -2.39. The highest BCUT2D eigenvalue weighted by Crippen LogP contribution is 2.28. The predicted molar refractivity (Wildman–Crippen MR) is 190 cm³/mol. The zero-order valence-electron chi connectivity index (χ0n) is 30.4. The van der Waals surface area contributed by atoms with E-state index in [1.807, 2.05) is 58.1 Å². The van der Waals surface area contributed by atoms with Gasteiger partial charge in [0.15, 0.2) is 0 Å². The summed E-state index contributed by atoms with van der Waals surface area (Å²) in [7, 11) is 0. The van der Waals surface area contributed by atoms with Crippen molar-refractivity contribution in [1.29, 1.82) is 0 Å². The van der Waals surface area contributed by atoms with Crippen LogP contribution < -0.4 is 0 Å². The Balaban J connectivity index is 1.40. The zero-order chi connectivity index (χ0) is 35.3. The Labute approximate surface area is 293 Å². The van der Waals surface area contributed by atoms with Crippen molar-refractivity contribution < 1.29 is 33.8 Å². The normalized spacial score (nSPS) is 30.4. The number of aliphatic hydroxyl groups excluding tert-OH is 1. The highest BCUT2D eigenvalue weighted by Gasteiger charge is 2.34. The van der Waals surface area contributed by atoms with Crippen LogP contribution in [-0.4, -0.2) is 108 Å². The fourth-order valence-corrected chi connectivity index (χ4v) is 7.64. The first-order chi connectivity index (χ1) is 23.5. The number of Topliss-reactive ketones (excluding diaryl/α,β-unsaturated/α-hetero) is 2. The van der Waals surface area contributed by atoms with E-state index in [0.29, 0.717) is 37.5 Å². The fourth-order valence-electron chi connectivity index (χ4n) is 7.64. The van der Waals surface area contributed by atoms with Crippen LogP contribution in [0.1, 0.15) is 98.3 Å². The number of allylic oxidation sites excluding steroid dienone is 4. The molecule has 0 radical (unpaired) electrons. The second kappa shape index (κ2) is 19.4. The number of carbonyl (C=O) groups is 4. The summed E-state index contributed by atoms with van der Waals surface area (Å²) >= 11 is 0. The van der Waals surface area contributed by atoms with Crippen molar-refractivity contribution >= 4 is 23.8 Å². The predicted octanol–water partition coefficient (Wildman–Crippen LogP) is 6.33. The molecule has 0 spiro atoms. The number of nitrogens with zero attached hydrogens (tertiary/aromatic N) is 3. The van der Waals surface area contributed by atoms with Gasteiger partial charge >= 0.3 is 12.2 Å². The first-order valence-corrected chi connectivity index (χ1v) is 18.9. The van der Waals surface area contributed by atoms with Crippen molar-refractivity contribution in [2.75, 3.05) is 45.9 Å². The molecule has 2 aliphatic carbocycles. The zero-order valence-corrected chi connectivity index (χ0v) is 30.4. The van der Waals surface area contributed by atoms with Crippen molar-refractivity contribution in [3.8, 4) is 0 Å². The summed E-state index contributed by atoms with van der Waals surface area (Å²) in [5.41, 5.74) is 0.715. The highest BCUT2D eigenvalue weighted by atomic mass is 16.6. The molecule has 3 fully saturated rings. The number of carbonyl (C=O) groups excluding carboxylic acids is 4. The van der Waals surface area contributed by atoms with E-state index in [-0.39, 0.29) is 43.0 Å². The quantitative estimate of drug-likeness (QED) is 0.143. The van der Waals surface area contributed by atoms with Crippen molar-refractivity contribution in [3.63, 3.8) is 0 Å². The van der Waals surface area contributed by atoms with Crippen LogP contribution in [0.2, 0.25) is 0 Å². The SMILES string of the molecule is C/C(=C\C=C\[C@@H](C)COC(=O)N1CCCC1)[C@H]1C(=O)C(=O)C[C@@H](O)CC[C@@H](C)[C@@H](OC(=O)N2CCN(C3CCCCCC3)CC2)/C=C/[C@@H]1C. The summed E-state index contributed by atoms with van der Waals surface area (Å²) in [6.07, 6.45) is 17.6. The molecule has 1 saturated carbocycles. The highest BCUT2D eigenvalue weighted by molar-refractivity contribution is 6.38. The van der Waals surface area contributed by atoms with E-state index >= 15 is 0 Å². The van der Waals surface area contributed by atoms with Crippen molar-refractivity contribution in [2.24, 2.45) is 23.7 Å². The average Bonchev–Trinajstić information content (AvgIpc) is 3.50. The molecule has 10 heteroatoms. The van der Waals surface area contributed by atoms with Gasteiger partial charge in [0.25, 0.3) is 0 Å². The van der Waals surface area contributed by atoms with E-state index in [1.165, 1.54) is 38.5 Å². The molecular weight excluding hydrogens is 622 g/mol. The molecule has 4 rings (SSSR count). The van der Waals surface area contributed by atoms with Gasteiger partial charge in [0, 0.05) is 57.6 Å². The van der Waals surface area contributed by atoms with Crippen LogP contribution in [0.15, 0.2) is 36.0 Å². The van der Waals surface area contributed by atoms with Gasteiger partial charge in [0.05, 0.1) is 18.6 Å². The second-order valence-electron chi connectivity index (χ2n) is 15.0. The third-order valence-corrected chi connectivity index (χ3v) is 10.9. The molecule has 2 aliphatic heterocycles. The number of rotatable bonds is 7. The lowest BCUT2D eigenvalue weighted by Crippen LogP contribution is -2.52. The lowest BCUT2D eigenvalue weighted by molar-refractivity contribution is -0.140. The van der Waals surface area contributed by atoms with Crippen molar-refractivity contribution in [2.45, 2.75) is 117 Å². The number of amides is 2. The van der Waals surface area contributed by atoms with Gasteiger partial charge in [-0.1, -0.05) is 76.3 Å². The lowest BCUT2D eigenvalue weighted by atomic mass is 9.80. The first-order valence-electron chi connectivity index (χ1n) is 18.9. The second-order valence-corrected chi connectivity index (χ2v) is 15.0. The van der Waals surface area contributed by atoms with Crippen LogP contribution in [0.5, 0.6) is 0 Å². The van der Waals surface area contributed by atoms with Crippen LogP contribution in [0.3, 0.4) is 0 Å². The van der Waals surface area contributed by atoms with E-state index in [9.17, 15) is 24.3 Å². The molecule has 6 atom stereocenters. The molecule has 49 heavy (non-hydrogen) atoms. The molecule has 0 unspecified atom stereocenters. The number of hydrogen-bond acceptors (Lipinski definition) is 8. The summed E-state index contributed by atoms with van der Waals surface area (Å²) in [6.45, 7) is 12.4. The first kappa shape index (κ1) is 38.8. The average molecular weight is 684 g/mol. The maximum Gasteiger partial charge on any atom is 0.410 e. The van der Waals surface area contributed by atoms with Gasteiger partial charge in [-0.25, -0.2) is 9.59 Å². The molecule has 4 aliphatic rings. The summed E-state index contributed by atoms with van der Waals surface area (Å²) in [5.74, 6) is -2.30. The molecule has 0 aromatic rings. The number of piperazine rings is 1. The maximum absolute atomic E-state index is 13.5. The monoisotopic (exact) mass is 683 g/mol. The minimum absolute atomic E-state index is 0.0339. The molecule has 0 aromatic heterocycles. The van der Waals surface area contributed by atoms with Crippen LogP contribution >= 0.6 is 0 Å². The van der Waals surface area contributed by atoms with E-state index in [1.54, 1.807) is 9.80 Å². The summed E-state index contributed by atoms with van der Waals surface area (Å²) in [6, 6.07) is 0.617. The molecule has 1 N–H and O–H groups in total. The molecule has 0 aromatic carbocycles. The number of ketones is 2. The van der Waals surface area contributed by atoms with Gasteiger partial charge in [-0.3, -0.25) is 14.5 Å². The largest absolute Gasteiger partial charge is 0.449 e. The van der Waals surface area contributed by atoms with E-state index in [0.717, 1.165) is 39.0 Å². The number of likely N-dealkylation sites (tertiary alicyclic amines) is 1. The van der Waals surface area contributed by atoms with Gasteiger partial charge in [0.2, 0.25) is 11.6 Å². The van der Waals surface area contributed by atoms with Crippen LogP contribution in [0.4, 0.5) is 9.59 Å². The molecular formula is C39H61N3O7. The molecule has 274 valence electrons. The van der Waals surface area contributed by atoms with E-state index < -0.39 is 29.7 Å². The van der Waals surface area contributed by atoms with Gasteiger partial charge in [-0.2, -0.15) is 0 Å². The van der Waals surface area contributed by atoms with E-state index in [2.05, 4.69) is 4.90 Å². The molecule has 2 saturated heterocycles. The Kier molecular flexibility index (Phi) is 15.4. The minimum atomic E-state index is -0.944. The number of hydrogen-bond donors (Lipinski definition) is 1. The molecule has 0 bridgehead atoms. The Morgan fingerprint density at radius 3 is 2.20 bits per heavy atom. The topological polar surface area (TPSA) is 117 Å². The number of aliphatic hydroxyl groups is 1. The third kappa shape index (κ3) is 11.8. The van der Waals surface area contributed by atoms with Gasteiger partial charge in [-0.05, 0) is 63.4 Å². The molecule has 2 amide bonds. The Morgan fingerprint density at radius 1 is 0.878 bits per heavy atom. The smallest absolute Gasteiger partial charge is 0.410 e. The third-order valence-electron chi connectivity index (χ3n) is 10.9. The standard InChI is InChI=1S/C39H61N3O7/c1-28(27-48-38(46)41-20-9-10-21-41)12-11-13-30(3)36-31(4)17-19-35(29(2)16-18-33(43)26-34(44)37(36)45)49-39(47)42-24-22-40(23-25-42)32-14-7-5-6-8-15-32/h11-13,17,19,28-29,31-33,35-36,43H,5-10,14-16,18,20-27H2,1-4H3/b12-11+,19-17+,30-13+/t28-,29-,31+,33+,35+,36-/m1/s1. The van der Waals surface area contributed by atoms with Gasteiger partial charge < -0.3 is 24.4 Å². The van der Waals surface area contributed by atoms with Crippen LogP contribution in [0, 0.1) is 23.7 Å². The Morgan fingerprint density at radius 2 is 1.53 bits per heavy atom. The Hall–Kier alpha value is -2.98. The maximum atomic E-state index is 13.5. The van der Waals surface area contributed by atoms with Crippen molar-refractivity contribution in [1.82, 2.24) is 14.7 Å². The van der Waals surface area contributed by atoms with Crippen molar-refractivity contribution in [3.05, 3.63) is 36.0 Å². The molecule has 2 heterocycles. The van der Waals surface area contributed by atoms with Crippen LogP contribution in [-0.2, 0) is 19.1 Å². The Bertz CT molecular complexity index is 1190. The summed E-state index contributed by atoms with van der Waals surface area (Å²) < 4.78 is 11.6.